The summed E-state index contributed by atoms with van der Waals surface area (Å²) in [5, 5.41) is 5.94. The van der Waals surface area contributed by atoms with Crippen molar-refractivity contribution in [2.24, 2.45) is 5.11 Å². The Bertz CT molecular complexity index is 1060. The van der Waals surface area contributed by atoms with Gasteiger partial charge in [-0.1, -0.05) is 22.8 Å². The van der Waals surface area contributed by atoms with Gasteiger partial charge >= 0.3 is 0 Å². The molecule has 1 heterocycles. The van der Waals surface area contributed by atoms with Crippen LogP contribution < -0.4 is 5.32 Å². The summed E-state index contributed by atoms with van der Waals surface area (Å²) in [6.45, 7) is 2.77. The normalized spacial score (nSPS) is 10.9. The van der Waals surface area contributed by atoms with Crippen LogP contribution >= 0.6 is 0 Å². The number of hydrogen-bond donors (Lipinski definition) is 1. The second kappa shape index (κ2) is 11.8. The van der Waals surface area contributed by atoms with E-state index in [2.05, 4.69) is 20.3 Å². The molecule has 2 rings (SSSR count). The molecule has 0 saturated heterocycles. The van der Waals surface area contributed by atoms with E-state index in [4.69, 9.17) is 10.3 Å². The molecule has 1 N–H and O–H groups in total. The van der Waals surface area contributed by atoms with E-state index in [0.29, 0.717) is 0 Å². The Morgan fingerprint density at radius 3 is 2.58 bits per heavy atom. The summed E-state index contributed by atoms with van der Waals surface area (Å²) in [6.07, 6.45) is 2.40. The fourth-order valence-electron chi connectivity index (χ4n) is 2.54. The molecular formula is C20H23N5O5S. The van der Waals surface area contributed by atoms with Gasteiger partial charge < -0.3 is 10.1 Å². The lowest BCUT2D eigenvalue weighted by molar-refractivity contribution is 0.0919. The molecule has 2 aromatic rings. The van der Waals surface area contributed by atoms with Gasteiger partial charge in [0.15, 0.2) is 15.6 Å². The molecule has 11 heteroatoms. The quantitative estimate of drug-likeness (QED) is 0.174. The van der Waals surface area contributed by atoms with Crippen LogP contribution in [0.4, 0.5) is 0 Å². The highest BCUT2D eigenvalue weighted by Gasteiger charge is 2.18. The van der Waals surface area contributed by atoms with Crippen LogP contribution in [0, 0.1) is 6.92 Å². The summed E-state index contributed by atoms with van der Waals surface area (Å²) in [4.78, 5) is 31.3. The first-order valence-electron chi connectivity index (χ1n) is 9.48. The van der Waals surface area contributed by atoms with Gasteiger partial charge in [0.05, 0.1) is 29.4 Å². The number of ketones is 1. The number of ether oxygens (including phenoxy) is 1. The van der Waals surface area contributed by atoms with Gasteiger partial charge in [0.1, 0.15) is 0 Å². The third-order valence-electron chi connectivity index (χ3n) is 4.23. The van der Waals surface area contributed by atoms with Gasteiger partial charge in [-0.2, -0.15) is 0 Å². The SMILES string of the molecule is Cc1ccc(S(=O)(=O)CCC(=O)c2cncc(C(=O)NCCOCCN=[N+]=[N-])c2)cc1. The number of hydrogen-bond acceptors (Lipinski definition) is 7. The molecule has 0 unspecified atom stereocenters. The van der Waals surface area contributed by atoms with Crippen molar-refractivity contribution in [3.63, 3.8) is 0 Å². The number of nitrogens with zero attached hydrogens (tertiary/aromatic N) is 4. The van der Waals surface area contributed by atoms with Gasteiger partial charge in [-0.05, 0) is 30.7 Å². The predicted octanol–water partition coefficient (Wildman–Crippen LogP) is 2.49. The number of amides is 1. The van der Waals surface area contributed by atoms with Crippen LogP contribution in [-0.2, 0) is 14.6 Å². The summed E-state index contributed by atoms with van der Waals surface area (Å²) >= 11 is 0. The van der Waals surface area contributed by atoms with Crippen LogP contribution in [0.3, 0.4) is 0 Å². The average molecular weight is 446 g/mol. The van der Waals surface area contributed by atoms with Crippen molar-refractivity contribution in [2.75, 3.05) is 32.1 Å². The molecule has 0 atom stereocenters. The minimum Gasteiger partial charge on any atom is -0.379 e. The smallest absolute Gasteiger partial charge is 0.252 e. The highest BCUT2D eigenvalue weighted by molar-refractivity contribution is 7.91. The number of carbonyl (C=O) groups is 2. The summed E-state index contributed by atoms with van der Waals surface area (Å²) in [5.74, 6) is -1.19. The molecule has 0 aliphatic carbocycles. The zero-order valence-corrected chi connectivity index (χ0v) is 17.8. The highest BCUT2D eigenvalue weighted by Crippen LogP contribution is 2.15. The lowest BCUT2D eigenvalue weighted by Gasteiger charge is -2.07. The standard InChI is InChI=1S/C20H23N5O5S/c1-15-2-4-18(5-3-15)31(28,29)11-6-19(26)16-12-17(14-22-13-16)20(27)23-7-9-30-10-8-24-25-21/h2-5,12-14H,6-11H2,1H3,(H,23,27). The number of Topliss-reactive ketones (excluding diaryl/α,β-unsaturated/α-hetero) is 1. The summed E-state index contributed by atoms with van der Waals surface area (Å²) < 4.78 is 30.0. The molecular weight excluding hydrogens is 422 g/mol. The molecule has 0 bridgehead atoms. The first-order valence-corrected chi connectivity index (χ1v) is 11.1. The molecule has 0 spiro atoms. The molecule has 0 aliphatic heterocycles. The number of rotatable bonds is 12. The molecule has 10 nitrogen and oxygen atoms in total. The van der Waals surface area contributed by atoms with E-state index in [-0.39, 0.29) is 54.5 Å². The first-order chi connectivity index (χ1) is 14.8. The van der Waals surface area contributed by atoms with Crippen LogP contribution in [0.1, 0.15) is 32.7 Å². The summed E-state index contributed by atoms with van der Waals surface area (Å²) in [7, 11) is -3.59. The van der Waals surface area contributed by atoms with Crippen LogP contribution in [0.15, 0.2) is 52.7 Å². The monoisotopic (exact) mass is 445 g/mol. The molecule has 164 valence electrons. The number of pyridine rings is 1. The van der Waals surface area contributed by atoms with Crippen LogP contribution in [0.5, 0.6) is 0 Å². The Labute approximate surface area is 180 Å². The number of sulfone groups is 1. The second-order valence-electron chi connectivity index (χ2n) is 6.59. The maximum absolute atomic E-state index is 12.4. The summed E-state index contributed by atoms with van der Waals surface area (Å²) in [6, 6.07) is 7.81. The van der Waals surface area contributed by atoms with E-state index in [0.717, 1.165) is 5.56 Å². The molecule has 31 heavy (non-hydrogen) atoms. The third kappa shape index (κ3) is 7.82. The maximum Gasteiger partial charge on any atom is 0.252 e. The zero-order chi connectivity index (χ0) is 22.7. The molecule has 0 aliphatic rings. The van der Waals surface area contributed by atoms with Crippen molar-refractivity contribution >= 4 is 21.5 Å². The Balaban J connectivity index is 1.88. The van der Waals surface area contributed by atoms with Gasteiger partial charge in [0.2, 0.25) is 0 Å². The van der Waals surface area contributed by atoms with E-state index in [9.17, 15) is 18.0 Å². The van der Waals surface area contributed by atoms with Gasteiger partial charge in [0, 0.05) is 42.4 Å². The minimum atomic E-state index is -3.59. The van der Waals surface area contributed by atoms with Crippen LogP contribution in [-0.4, -0.2) is 57.1 Å². The number of benzene rings is 1. The number of azide groups is 1. The molecule has 0 radical (unpaired) electrons. The van der Waals surface area contributed by atoms with Crippen molar-refractivity contribution in [1.82, 2.24) is 10.3 Å². The number of nitrogens with one attached hydrogen (secondary N) is 1. The van der Waals surface area contributed by atoms with E-state index in [1.54, 1.807) is 12.1 Å². The van der Waals surface area contributed by atoms with Crippen molar-refractivity contribution < 1.29 is 22.7 Å². The Morgan fingerprint density at radius 2 is 1.87 bits per heavy atom. The number of aromatic nitrogens is 1. The van der Waals surface area contributed by atoms with Gasteiger partial charge in [0.25, 0.3) is 5.91 Å². The Hall–Kier alpha value is -3.27. The zero-order valence-electron chi connectivity index (χ0n) is 17.0. The van der Waals surface area contributed by atoms with Crippen molar-refractivity contribution in [3.05, 3.63) is 69.9 Å². The third-order valence-corrected chi connectivity index (χ3v) is 5.96. The fourth-order valence-corrected chi connectivity index (χ4v) is 3.78. The predicted molar refractivity (Wildman–Crippen MR) is 114 cm³/mol. The lowest BCUT2D eigenvalue weighted by Crippen LogP contribution is -2.27. The second-order valence-corrected chi connectivity index (χ2v) is 8.70. The number of aryl methyl sites for hydroxylation is 1. The van der Waals surface area contributed by atoms with E-state index in [1.165, 1.54) is 30.6 Å². The molecule has 1 aromatic heterocycles. The lowest BCUT2D eigenvalue weighted by atomic mass is 10.1. The molecule has 1 aromatic carbocycles. The van der Waals surface area contributed by atoms with Crippen LogP contribution in [0.25, 0.3) is 10.4 Å². The number of carbonyl (C=O) groups excluding carboxylic acids is 2. The van der Waals surface area contributed by atoms with Gasteiger partial charge in [-0.3, -0.25) is 14.6 Å². The van der Waals surface area contributed by atoms with Crippen molar-refractivity contribution in [2.45, 2.75) is 18.2 Å². The largest absolute Gasteiger partial charge is 0.379 e. The highest BCUT2D eigenvalue weighted by atomic mass is 32.2. The van der Waals surface area contributed by atoms with E-state index < -0.39 is 21.5 Å². The fraction of sp³-hybridized carbons (Fsp3) is 0.350. The minimum absolute atomic E-state index is 0.164. The van der Waals surface area contributed by atoms with E-state index in [1.807, 2.05) is 6.92 Å². The van der Waals surface area contributed by atoms with E-state index >= 15 is 0 Å². The van der Waals surface area contributed by atoms with Crippen LogP contribution in [0.2, 0.25) is 0 Å². The average Bonchev–Trinajstić information content (AvgIpc) is 2.77. The molecule has 0 saturated carbocycles. The first kappa shape index (κ1) is 24.0. The Morgan fingerprint density at radius 1 is 1.16 bits per heavy atom. The van der Waals surface area contributed by atoms with Crippen molar-refractivity contribution in [1.29, 1.82) is 0 Å². The Kier molecular flexibility index (Phi) is 9.13. The van der Waals surface area contributed by atoms with Gasteiger partial charge in [-0.25, -0.2) is 8.42 Å². The van der Waals surface area contributed by atoms with Crippen molar-refractivity contribution in [3.8, 4) is 0 Å². The summed E-state index contributed by atoms with van der Waals surface area (Å²) in [5.41, 5.74) is 9.44. The molecule has 1 amide bonds. The molecule has 0 fully saturated rings. The topological polar surface area (TPSA) is 151 Å². The maximum atomic E-state index is 12.4. The van der Waals surface area contributed by atoms with Gasteiger partial charge in [-0.15, -0.1) is 0 Å².